The van der Waals surface area contributed by atoms with E-state index in [2.05, 4.69) is 4.90 Å². The molecule has 0 aromatic carbocycles. The number of amides is 2. The molecule has 2 fully saturated rings. The summed E-state index contributed by atoms with van der Waals surface area (Å²) in [5.41, 5.74) is -0.640. The van der Waals surface area contributed by atoms with Gasteiger partial charge in [-0.25, -0.2) is 0 Å². The van der Waals surface area contributed by atoms with Gasteiger partial charge in [0.2, 0.25) is 11.8 Å². The van der Waals surface area contributed by atoms with E-state index in [1.165, 1.54) is 4.90 Å². The minimum atomic E-state index is -0.727. The first-order valence-electron chi connectivity index (χ1n) is 8.54. The average Bonchev–Trinajstić information content (AvgIpc) is 2.62. The third-order valence-electron chi connectivity index (χ3n) is 5.19. The van der Waals surface area contributed by atoms with E-state index < -0.39 is 11.5 Å². The van der Waals surface area contributed by atoms with Crippen LogP contribution in [0, 0.1) is 11.3 Å². The van der Waals surface area contributed by atoms with Crippen molar-refractivity contribution in [1.82, 2.24) is 9.80 Å². The van der Waals surface area contributed by atoms with E-state index in [1.54, 1.807) is 0 Å². The van der Waals surface area contributed by atoms with Crippen LogP contribution >= 0.6 is 0 Å². The maximum atomic E-state index is 12.6. The van der Waals surface area contributed by atoms with Crippen molar-refractivity contribution in [2.24, 2.45) is 11.3 Å². The van der Waals surface area contributed by atoms with Crippen LogP contribution < -0.4 is 0 Å². The van der Waals surface area contributed by atoms with Crippen LogP contribution in [0.5, 0.6) is 0 Å². The van der Waals surface area contributed by atoms with E-state index in [0.29, 0.717) is 6.54 Å². The number of β-amino-alcohol motifs (C(OH)–C–C–N with tert-alkyl or cyclic N) is 1. The van der Waals surface area contributed by atoms with Crippen molar-refractivity contribution in [3.8, 4) is 0 Å². The number of rotatable bonds is 5. The smallest absolute Gasteiger partial charge is 0.235 e. The molecule has 132 valence electrons. The lowest BCUT2D eigenvalue weighted by Crippen LogP contribution is -2.50. The second-order valence-corrected chi connectivity index (χ2v) is 7.69. The fourth-order valence-electron chi connectivity index (χ4n) is 3.54. The largest absolute Gasteiger partial charge is 0.390 e. The molecule has 2 rings (SSSR count). The second kappa shape index (κ2) is 6.87. The van der Waals surface area contributed by atoms with E-state index in [-0.39, 0.29) is 42.9 Å². The summed E-state index contributed by atoms with van der Waals surface area (Å²) in [6.45, 7) is 11.8. The van der Waals surface area contributed by atoms with Crippen molar-refractivity contribution < 1.29 is 19.4 Å². The summed E-state index contributed by atoms with van der Waals surface area (Å²) >= 11 is 0. The standard InChI is InChI=1S/C17H30N2O4/c1-11(2)17(5)6-15(21)19(16(17)22)10-14(20)9-18-7-12(3)23-13(4)8-18/h11-14,20H,6-10H2,1-5H3/t12-,13-,14+,17-/m1/s1. The van der Waals surface area contributed by atoms with E-state index in [4.69, 9.17) is 4.74 Å². The van der Waals surface area contributed by atoms with Crippen LogP contribution in [0.25, 0.3) is 0 Å². The van der Waals surface area contributed by atoms with E-state index in [9.17, 15) is 14.7 Å². The van der Waals surface area contributed by atoms with Crippen LogP contribution in [0.4, 0.5) is 0 Å². The van der Waals surface area contributed by atoms with E-state index in [1.807, 2.05) is 34.6 Å². The Morgan fingerprint density at radius 3 is 2.26 bits per heavy atom. The molecule has 0 aromatic rings. The van der Waals surface area contributed by atoms with Crippen molar-refractivity contribution >= 4 is 11.8 Å². The molecule has 0 aliphatic carbocycles. The molecule has 6 heteroatoms. The summed E-state index contributed by atoms with van der Waals surface area (Å²) in [4.78, 5) is 28.2. The van der Waals surface area contributed by atoms with Gasteiger partial charge in [0.1, 0.15) is 0 Å². The maximum Gasteiger partial charge on any atom is 0.235 e. The zero-order valence-electron chi connectivity index (χ0n) is 14.9. The molecule has 1 N–H and O–H groups in total. The van der Waals surface area contributed by atoms with Gasteiger partial charge in [-0.05, 0) is 26.7 Å². The first-order chi connectivity index (χ1) is 10.6. The Hall–Kier alpha value is -0.980. The van der Waals surface area contributed by atoms with Gasteiger partial charge in [-0.3, -0.25) is 19.4 Å². The van der Waals surface area contributed by atoms with Crippen molar-refractivity contribution in [2.75, 3.05) is 26.2 Å². The lowest BCUT2D eigenvalue weighted by atomic mass is 9.78. The van der Waals surface area contributed by atoms with Gasteiger partial charge < -0.3 is 9.84 Å². The number of imide groups is 1. The predicted molar refractivity (Wildman–Crippen MR) is 86.7 cm³/mol. The monoisotopic (exact) mass is 326 g/mol. The number of likely N-dealkylation sites (tertiary alicyclic amines) is 1. The number of aliphatic hydroxyl groups excluding tert-OH is 1. The Morgan fingerprint density at radius 1 is 1.22 bits per heavy atom. The van der Waals surface area contributed by atoms with Gasteiger partial charge >= 0.3 is 0 Å². The lowest BCUT2D eigenvalue weighted by Gasteiger charge is -2.36. The fraction of sp³-hybridized carbons (Fsp3) is 0.882. The Morgan fingerprint density at radius 2 is 1.78 bits per heavy atom. The molecule has 0 saturated carbocycles. The zero-order chi connectivity index (χ0) is 17.4. The molecule has 2 aliphatic rings. The minimum absolute atomic E-state index is 0.0834. The molecule has 23 heavy (non-hydrogen) atoms. The van der Waals surface area contributed by atoms with Gasteiger partial charge in [0.15, 0.2) is 0 Å². The highest BCUT2D eigenvalue weighted by molar-refractivity contribution is 6.05. The van der Waals surface area contributed by atoms with Crippen molar-refractivity contribution in [3.05, 3.63) is 0 Å². The molecular formula is C17H30N2O4. The zero-order valence-corrected chi connectivity index (χ0v) is 14.9. The molecule has 0 aromatic heterocycles. The first kappa shape index (κ1) is 18.4. The fourth-order valence-corrected chi connectivity index (χ4v) is 3.54. The average molecular weight is 326 g/mol. The number of nitrogens with zero attached hydrogens (tertiary/aromatic N) is 2. The highest BCUT2D eigenvalue weighted by atomic mass is 16.5. The van der Waals surface area contributed by atoms with Crippen molar-refractivity contribution in [2.45, 2.75) is 59.4 Å². The van der Waals surface area contributed by atoms with Crippen LogP contribution in [0.3, 0.4) is 0 Å². The highest BCUT2D eigenvalue weighted by Gasteiger charge is 2.50. The van der Waals surface area contributed by atoms with Crippen LogP contribution in [0.1, 0.15) is 41.0 Å². The number of hydrogen-bond donors (Lipinski definition) is 1. The molecule has 2 aliphatic heterocycles. The van der Waals surface area contributed by atoms with Gasteiger partial charge in [-0.15, -0.1) is 0 Å². The van der Waals surface area contributed by atoms with E-state index >= 15 is 0 Å². The minimum Gasteiger partial charge on any atom is -0.390 e. The summed E-state index contributed by atoms with van der Waals surface area (Å²) in [7, 11) is 0. The molecule has 4 atom stereocenters. The van der Waals surface area contributed by atoms with Crippen LogP contribution in [0.15, 0.2) is 0 Å². The van der Waals surface area contributed by atoms with Gasteiger partial charge in [0.05, 0.1) is 30.3 Å². The number of morpholine rings is 1. The van der Waals surface area contributed by atoms with Crippen LogP contribution in [0.2, 0.25) is 0 Å². The molecule has 2 amide bonds. The van der Waals surface area contributed by atoms with Crippen molar-refractivity contribution in [3.63, 3.8) is 0 Å². The number of carbonyl (C=O) groups excluding carboxylic acids is 2. The molecule has 2 heterocycles. The second-order valence-electron chi connectivity index (χ2n) is 7.69. The number of hydrogen-bond acceptors (Lipinski definition) is 5. The molecule has 0 radical (unpaired) electrons. The predicted octanol–water partition coefficient (Wildman–Crippen LogP) is 0.878. The number of carbonyl (C=O) groups is 2. The van der Waals surface area contributed by atoms with Gasteiger partial charge in [-0.1, -0.05) is 13.8 Å². The molecular weight excluding hydrogens is 296 g/mol. The third kappa shape index (κ3) is 3.92. The number of ether oxygens (including phenoxy) is 1. The van der Waals surface area contributed by atoms with Crippen molar-refractivity contribution in [1.29, 1.82) is 0 Å². The van der Waals surface area contributed by atoms with Crippen LogP contribution in [-0.4, -0.2) is 71.2 Å². The molecule has 2 saturated heterocycles. The van der Waals surface area contributed by atoms with Gasteiger partial charge in [0, 0.05) is 26.1 Å². The summed E-state index contributed by atoms with van der Waals surface area (Å²) in [5.74, 6) is -0.226. The van der Waals surface area contributed by atoms with E-state index in [0.717, 1.165) is 13.1 Å². The quantitative estimate of drug-likeness (QED) is 0.760. The molecule has 0 unspecified atom stereocenters. The summed E-state index contributed by atoms with van der Waals surface area (Å²) < 4.78 is 5.68. The highest BCUT2D eigenvalue weighted by Crippen LogP contribution is 2.39. The topological polar surface area (TPSA) is 70.1 Å². The Balaban J connectivity index is 1.94. The Kier molecular flexibility index (Phi) is 5.48. The summed E-state index contributed by atoms with van der Waals surface area (Å²) in [5, 5.41) is 10.4. The Bertz CT molecular complexity index is 458. The Labute approximate surface area is 138 Å². The molecule has 0 bridgehead atoms. The summed E-state index contributed by atoms with van der Waals surface area (Å²) in [6.07, 6.45) is -0.229. The lowest BCUT2D eigenvalue weighted by molar-refractivity contribution is -0.144. The SMILES string of the molecule is CC(C)[C@@]1(C)CC(=O)N(C[C@@H](O)CN2C[C@@H](C)O[C@H](C)C2)C1=O. The molecule has 6 nitrogen and oxygen atoms in total. The summed E-state index contributed by atoms with van der Waals surface area (Å²) in [6, 6.07) is 0. The van der Waals surface area contributed by atoms with Crippen LogP contribution in [-0.2, 0) is 14.3 Å². The van der Waals surface area contributed by atoms with Gasteiger partial charge in [0.25, 0.3) is 0 Å². The molecule has 0 spiro atoms. The number of aliphatic hydroxyl groups is 1. The normalized spacial score (nSPS) is 34.5. The first-order valence-corrected chi connectivity index (χ1v) is 8.54. The maximum absolute atomic E-state index is 12.6. The van der Waals surface area contributed by atoms with Gasteiger partial charge in [-0.2, -0.15) is 0 Å². The third-order valence-corrected chi connectivity index (χ3v) is 5.19.